The highest BCUT2D eigenvalue weighted by Gasteiger charge is 2.31. The lowest BCUT2D eigenvalue weighted by Crippen LogP contribution is -2.49. The number of nitrogens with one attached hydrogen (secondary N) is 1. The van der Waals surface area contributed by atoms with Crippen LogP contribution in [-0.4, -0.2) is 29.9 Å². The van der Waals surface area contributed by atoms with Crippen LogP contribution in [0.15, 0.2) is 72.8 Å². The van der Waals surface area contributed by atoms with Crippen molar-refractivity contribution in [2.45, 2.75) is 32.5 Å². The van der Waals surface area contributed by atoms with Crippen molar-refractivity contribution in [1.29, 1.82) is 0 Å². The minimum Gasteiger partial charge on any atom is -0.324 e. The van der Waals surface area contributed by atoms with E-state index in [1.165, 1.54) is 12.1 Å². The summed E-state index contributed by atoms with van der Waals surface area (Å²) in [6.07, 6.45) is -3.50. The van der Waals surface area contributed by atoms with Gasteiger partial charge in [0.1, 0.15) is 0 Å². The van der Waals surface area contributed by atoms with E-state index in [1.54, 1.807) is 9.80 Å². The Labute approximate surface area is 202 Å². The number of aryl methyl sites for hydroxylation is 1. The van der Waals surface area contributed by atoms with Crippen LogP contribution in [0, 0.1) is 6.92 Å². The van der Waals surface area contributed by atoms with Crippen LogP contribution < -0.4 is 10.2 Å². The van der Waals surface area contributed by atoms with Crippen LogP contribution in [0.1, 0.15) is 28.7 Å². The van der Waals surface area contributed by atoms with Crippen molar-refractivity contribution in [2.75, 3.05) is 23.3 Å². The molecule has 0 aromatic heterocycles. The molecule has 4 rings (SSSR count). The number of carbonyl (C=O) groups is 2. The summed E-state index contributed by atoms with van der Waals surface area (Å²) in [6.45, 7) is 3.09. The van der Waals surface area contributed by atoms with Gasteiger partial charge in [-0.05, 0) is 54.3 Å². The van der Waals surface area contributed by atoms with Crippen LogP contribution in [0.4, 0.5) is 29.3 Å². The van der Waals surface area contributed by atoms with E-state index in [2.05, 4.69) is 5.32 Å². The maximum atomic E-state index is 13.3. The number of nitrogens with zero attached hydrogens (tertiary/aromatic N) is 2. The Kier molecular flexibility index (Phi) is 7.10. The number of carbonyl (C=O) groups excluding carboxylic acids is 2. The Morgan fingerprint density at radius 1 is 0.943 bits per heavy atom. The molecular formula is C27H26F3N3O2. The van der Waals surface area contributed by atoms with Gasteiger partial charge in [-0.3, -0.25) is 9.69 Å². The molecule has 0 saturated carbocycles. The fourth-order valence-corrected chi connectivity index (χ4v) is 4.13. The Morgan fingerprint density at radius 2 is 1.66 bits per heavy atom. The van der Waals surface area contributed by atoms with Crippen molar-refractivity contribution >= 4 is 23.3 Å². The SMILES string of the molecule is Cc1ccc(N2CCCN(Cc3ccc(C(F)(F)F)cc3)C2=O)c(NC(=O)Cc2ccccc2)c1. The number of benzene rings is 3. The number of urea groups is 1. The van der Waals surface area contributed by atoms with E-state index in [1.807, 2.05) is 55.5 Å². The third kappa shape index (κ3) is 6.01. The van der Waals surface area contributed by atoms with Crippen LogP contribution in [0.3, 0.4) is 0 Å². The summed E-state index contributed by atoms with van der Waals surface area (Å²) in [6, 6.07) is 19.5. The minimum atomic E-state index is -4.40. The molecule has 0 spiro atoms. The van der Waals surface area contributed by atoms with E-state index in [0.717, 1.165) is 23.3 Å². The van der Waals surface area contributed by atoms with Crippen molar-refractivity contribution in [3.05, 3.63) is 95.1 Å². The monoisotopic (exact) mass is 481 g/mol. The normalized spacial score (nSPS) is 14.2. The van der Waals surface area contributed by atoms with Crippen molar-refractivity contribution in [3.63, 3.8) is 0 Å². The predicted octanol–water partition coefficient (Wildman–Crippen LogP) is 6.03. The first-order valence-corrected chi connectivity index (χ1v) is 11.4. The van der Waals surface area contributed by atoms with E-state index in [0.29, 0.717) is 36.4 Å². The zero-order chi connectivity index (χ0) is 25.0. The predicted molar refractivity (Wildman–Crippen MR) is 129 cm³/mol. The molecule has 5 nitrogen and oxygen atoms in total. The zero-order valence-electron chi connectivity index (χ0n) is 19.3. The highest BCUT2D eigenvalue weighted by molar-refractivity contribution is 6.01. The zero-order valence-corrected chi connectivity index (χ0v) is 19.3. The first-order chi connectivity index (χ1) is 16.7. The van der Waals surface area contributed by atoms with Gasteiger partial charge in [-0.25, -0.2) is 4.79 Å². The molecule has 0 unspecified atom stereocenters. The van der Waals surface area contributed by atoms with Gasteiger partial charge in [0.25, 0.3) is 0 Å². The molecule has 0 radical (unpaired) electrons. The quantitative estimate of drug-likeness (QED) is 0.468. The number of hydrogen-bond acceptors (Lipinski definition) is 2. The molecule has 182 valence electrons. The molecule has 1 fully saturated rings. The summed E-state index contributed by atoms with van der Waals surface area (Å²) in [5.41, 5.74) is 2.87. The van der Waals surface area contributed by atoms with Crippen molar-refractivity contribution in [3.8, 4) is 0 Å². The maximum Gasteiger partial charge on any atom is 0.416 e. The fraction of sp³-hybridized carbons (Fsp3) is 0.259. The van der Waals surface area contributed by atoms with Gasteiger partial charge in [-0.15, -0.1) is 0 Å². The number of amides is 3. The lowest BCUT2D eigenvalue weighted by molar-refractivity contribution is -0.137. The summed E-state index contributed by atoms with van der Waals surface area (Å²) < 4.78 is 38.6. The third-order valence-corrected chi connectivity index (χ3v) is 5.89. The summed E-state index contributed by atoms with van der Waals surface area (Å²) in [7, 11) is 0. The van der Waals surface area contributed by atoms with Gasteiger partial charge in [0.05, 0.1) is 23.4 Å². The second-order valence-corrected chi connectivity index (χ2v) is 8.64. The average molecular weight is 482 g/mol. The lowest BCUT2D eigenvalue weighted by Gasteiger charge is -2.36. The summed E-state index contributed by atoms with van der Waals surface area (Å²) >= 11 is 0. The Balaban J connectivity index is 1.50. The van der Waals surface area contributed by atoms with Crippen LogP contribution in [0.25, 0.3) is 0 Å². The third-order valence-electron chi connectivity index (χ3n) is 5.89. The first kappa shape index (κ1) is 24.3. The Hall–Kier alpha value is -3.81. The smallest absolute Gasteiger partial charge is 0.324 e. The molecule has 35 heavy (non-hydrogen) atoms. The van der Waals surface area contributed by atoms with E-state index in [-0.39, 0.29) is 24.9 Å². The molecule has 3 amide bonds. The number of halogens is 3. The van der Waals surface area contributed by atoms with Crippen molar-refractivity contribution in [1.82, 2.24) is 4.90 Å². The van der Waals surface area contributed by atoms with Crippen LogP contribution in [-0.2, 0) is 23.9 Å². The Morgan fingerprint density at radius 3 is 2.34 bits per heavy atom. The van der Waals surface area contributed by atoms with Crippen LogP contribution in [0.5, 0.6) is 0 Å². The molecule has 0 aliphatic carbocycles. The molecule has 0 atom stereocenters. The van der Waals surface area contributed by atoms with Gasteiger partial charge in [0, 0.05) is 19.6 Å². The lowest BCUT2D eigenvalue weighted by atomic mass is 10.1. The molecule has 0 bridgehead atoms. The highest BCUT2D eigenvalue weighted by Crippen LogP contribution is 2.32. The average Bonchev–Trinajstić information content (AvgIpc) is 2.81. The molecule has 3 aromatic carbocycles. The second-order valence-electron chi connectivity index (χ2n) is 8.64. The van der Waals surface area contributed by atoms with E-state index in [9.17, 15) is 22.8 Å². The summed E-state index contributed by atoms with van der Waals surface area (Å²) in [5.74, 6) is -0.186. The standard InChI is InChI=1S/C27H26F3N3O2/c1-19-8-13-24(23(16-19)31-25(34)17-20-6-3-2-4-7-20)33-15-5-14-32(26(33)35)18-21-9-11-22(12-10-21)27(28,29)30/h2-4,6-13,16H,5,14-15,17-18H2,1H3,(H,31,34). The molecule has 1 aliphatic rings. The largest absolute Gasteiger partial charge is 0.416 e. The molecule has 3 aromatic rings. The van der Waals surface area contributed by atoms with Gasteiger partial charge < -0.3 is 10.2 Å². The van der Waals surface area contributed by atoms with Gasteiger partial charge in [0.15, 0.2) is 0 Å². The van der Waals surface area contributed by atoms with E-state index < -0.39 is 11.7 Å². The second kappa shape index (κ2) is 10.2. The molecule has 1 heterocycles. The molecule has 1 saturated heterocycles. The molecule has 8 heteroatoms. The number of rotatable bonds is 6. The van der Waals surface area contributed by atoms with Crippen LogP contribution in [0.2, 0.25) is 0 Å². The summed E-state index contributed by atoms with van der Waals surface area (Å²) in [5, 5.41) is 2.94. The summed E-state index contributed by atoms with van der Waals surface area (Å²) in [4.78, 5) is 29.3. The van der Waals surface area contributed by atoms with Gasteiger partial charge in [-0.2, -0.15) is 13.2 Å². The molecule has 1 aliphatic heterocycles. The van der Waals surface area contributed by atoms with Gasteiger partial charge in [0.2, 0.25) is 5.91 Å². The molecule has 1 N–H and O–H groups in total. The van der Waals surface area contributed by atoms with Gasteiger partial charge >= 0.3 is 12.2 Å². The van der Waals surface area contributed by atoms with Gasteiger partial charge in [-0.1, -0.05) is 48.5 Å². The minimum absolute atomic E-state index is 0.186. The fourth-order valence-electron chi connectivity index (χ4n) is 4.13. The number of anilines is 2. The number of hydrogen-bond donors (Lipinski definition) is 1. The van der Waals surface area contributed by atoms with Crippen molar-refractivity contribution in [2.24, 2.45) is 0 Å². The van der Waals surface area contributed by atoms with E-state index in [4.69, 9.17) is 0 Å². The number of alkyl halides is 3. The van der Waals surface area contributed by atoms with Crippen LogP contribution >= 0.6 is 0 Å². The first-order valence-electron chi connectivity index (χ1n) is 11.4. The topological polar surface area (TPSA) is 52.6 Å². The Bertz CT molecular complexity index is 1190. The van der Waals surface area contributed by atoms with E-state index >= 15 is 0 Å². The van der Waals surface area contributed by atoms with Crippen molar-refractivity contribution < 1.29 is 22.8 Å². The maximum absolute atomic E-state index is 13.3. The highest BCUT2D eigenvalue weighted by atomic mass is 19.4. The molecular weight excluding hydrogens is 455 g/mol.